The number of nitro groups is 1. The van der Waals surface area contributed by atoms with Gasteiger partial charge in [0.1, 0.15) is 5.56 Å². The van der Waals surface area contributed by atoms with E-state index in [1.807, 2.05) is 0 Å². The quantitative estimate of drug-likeness (QED) is 0.619. The molecule has 104 valence electrons. The maximum absolute atomic E-state index is 12.4. The Bertz CT molecular complexity index is 589. The zero-order valence-electron chi connectivity index (χ0n) is 10.6. The second kappa shape index (κ2) is 5.88. The van der Waals surface area contributed by atoms with Crippen LogP contribution < -0.4 is 0 Å². The van der Waals surface area contributed by atoms with Crippen molar-refractivity contribution in [3.05, 3.63) is 38.9 Å². The number of halogens is 1. The van der Waals surface area contributed by atoms with Gasteiger partial charge < -0.3 is 4.90 Å². The molecule has 1 saturated heterocycles. The Labute approximate surface area is 120 Å². The second-order valence-corrected chi connectivity index (χ2v) is 4.99. The lowest BCUT2D eigenvalue weighted by Gasteiger charge is -2.29. The lowest BCUT2D eigenvalue weighted by Crippen LogP contribution is -2.38. The van der Waals surface area contributed by atoms with Crippen LogP contribution in [0.4, 0.5) is 5.69 Å². The molecule has 0 aromatic heterocycles. The molecular weight excluding hydrogens is 282 g/mol. The first-order chi connectivity index (χ1) is 9.54. The molecule has 1 aliphatic rings. The largest absolute Gasteiger partial charge is 0.338 e. The van der Waals surface area contributed by atoms with Crippen LogP contribution in [0.2, 0.25) is 5.02 Å². The maximum Gasteiger partial charge on any atom is 0.283 e. The highest BCUT2D eigenvalue weighted by Gasteiger charge is 2.30. The van der Waals surface area contributed by atoms with E-state index in [-0.39, 0.29) is 22.2 Å². The molecular formula is C13H12ClN3O3. The summed E-state index contributed by atoms with van der Waals surface area (Å²) in [5.74, 6) is -0.501. The summed E-state index contributed by atoms with van der Waals surface area (Å²) in [5.41, 5.74) is -0.362. The number of benzene rings is 1. The molecule has 2 rings (SSSR count). The van der Waals surface area contributed by atoms with Crippen molar-refractivity contribution in [3.8, 4) is 6.07 Å². The van der Waals surface area contributed by atoms with Gasteiger partial charge in [0.05, 0.1) is 16.0 Å². The van der Waals surface area contributed by atoms with Gasteiger partial charge in [-0.05, 0) is 18.9 Å². The smallest absolute Gasteiger partial charge is 0.283 e. The van der Waals surface area contributed by atoms with Crippen LogP contribution in [-0.4, -0.2) is 28.8 Å². The van der Waals surface area contributed by atoms with Crippen molar-refractivity contribution in [2.75, 3.05) is 13.1 Å². The minimum Gasteiger partial charge on any atom is -0.338 e. The van der Waals surface area contributed by atoms with Crippen LogP contribution in [0.25, 0.3) is 0 Å². The van der Waals surface area contributed by atoms with Crippen molar-refractivity contribution >= 4 is 23.2 Å². The summed E-state index contributed by atoms with van der Waals surface area (Å²) in [6.07, 6.45) is 1.17. The molecule has 7 heteroatoms. The summed E-state index contributed by atoms with van der Waals surface area (Å²) >= 11 is 5.94. The number of amides is 1. The molecule has 1 amide bonds. The fraction of sp³-hybridized carbons (Fsp3) is 0.385. The summed E-state index contributed by atoms with van der Waals surface area (Å²) in [5, 5.41) is 19.9. The van der Waals surface area contributed by atoms with Crippen LogP contribution in [0.5, 0.6) is 0 Å². The molecule has 0 atom stereocenters. The van der Waals surface area contributed by atoms with Crippen LogP contribution in [0.1, 0.15) is 23.2 Å². The van der Waals surface area contributed by atoms with E-state index in [1.165, 1.54) is 23.1 Å². The Hall–Kier alpha value is -2.13. The molecule has 0 spiro atoms. The standard InChI is InChI=1S/C13H12ClN3O3/c14-10-2-1-3-11(17(19)20)12(10)13(18)16-6-4-9(8-15)5-7-16/h1-3,9H,4-7H2. The van der Waals surface area contributed by atoms with Gasteiger partial charge in [0, 0.05) is 25.1 Å². The summed E-state index contributed by atoms with van der Waals surface area (Å²) < 4.78 is 0. The van der Waals surface area contributed by atoms with E-state index in [1.54, 1.807) is 0 Å². The summed E-state index contributed by atoms with van der Waals surface area (Å²) in [6, 6.07) is 6.34. The van der Waals surface area contributed by atoms with E-state index in [0.717, 1.165) is 0 Å². The van der Waals surface area contributed by atoms with E-state index in [4.69, 9.17) is 16.9 Å². The third-order valence-electron chi connectivity index (χ3n) is 3.37. The molecule has 1 aromatic carbocycles. The topological polar surface area (TPSA) is 87.2 Å². The Balaban J connectivity index is 2.26. The molecule has 0 N–H and O–H groups in total. The fourth-order valence-electron chi connectivity index (χ4n) is 2.25. The molecule has 0 radical (unpaired) electrons. The van der Waals surface area contributed by atoms with Gasteiger partial charge in [0.15, 0.2) is 0 Å². The number of hydrogen-bond acceptors (Lipinski definition) is 4. The van der Waals surface area contributed by atoms with E-state index in [9.17, 15) is 14.9 Å². The highest BCUT2D eigenvalue weighted by atomic mass is 35.5. The van der Waals surface area contributed by atoms with Crippen molar-refractivity contribution in [3.63, 3.8) is 0 Å². The van der Waals surface area contributed by atoms with E-state index >= 15 is 0 Å². The molecule has 0 bridgehead atoms. The first-order valence-electron chi connectivity index (χ1n) is 6.16. The van der Waals surface area contributed by atoms with Crippen LogP contribution in [0.3, 0.4) is 0 Å². The molecule has 6 nitrogen and oxygen atoms in total. The molecule has 1 fully saturated rings. The summed E-state index contributed by atoms with van der Waals surface area (Å²) in [4.78, 5) is 24.3. The first kappa shape index (κ1) is 14.3. The predicted octanol–water partition coefficient (Wildman–Crippen LogP) is 2.62. The molecule has 0 saturated carbocycles. The second-order valence-electron chi connectivity index (χ2n) is 4.59. The Morgan fingerprint density at radius 3 is 2.65 bits per heavy atom. The van der Waals surface area contributed by atoms with Gasteiger partial charge in [-0.1, -0.05) is 17.7 Å². The van der Waals surface area contributed by atoms with Gasteiger partial charge in [0.2, 0.25) is 0 Å². The number of nitro benzene ring substituents is 1. The maximum atomic E-state index is 12.4. The SMILES string of the molecule is N#CC1CCN(C(=O)c2c(Cl)cccc2[N+](=O)[O-])CC1. The first-order valence-corrected chi connectivity index (χ1v) is 6.54. The monoisotopic (exact) mass is 293 g/mol. The number of likely N-dealkylation sites (tertiary alicyclic amines) is 1. The minimum atomic E-state index is -0.610. The average Bonchev–Trinajstić information content (AvgIpc) is 2.46. The molecule has 1 heterocycles. The Morgan fingerprint density at radius 1 is 1.45 bits per heavy atom. The number of carbonyl (C=O) groups is 1. The lowest BCUT2D eigenvalue weighted by molar-refractivity contribution is -0.385. The Morgan fingerprint density at radius 2 is 2.10 bits per heavy atom. The number of hydrogen-bond donors (Lipinski definition) is 0. The number of rotatable bonds is 2. The molecule has 1 aliphatic heterocycles. The van der Waals surface area contributed by atoms with Crippen LogP contribution >= 0.6 is 11.6 Å². The average molecular weight is 294 g/mol. The Kier molecular flexibility index (Phi) is 4.20. The van der Waals surface area contributed by atoms with Crippen LogP contribution in [-0.2, 0) is 0 Å². The highest BCUT2D eigenvalue weighted by molar-refractivity contribution is 6.34. The van der Waals surface area contributed by atoms with Gasteiger partial charge >= 0.3 is 0 Å². The van der Waals surface area contributed by atoms with Gasteiger partial charge in [-0.2, -0.15) is 5.26 Å². The number of nitriles is 1. The molecule has 0 aliphatic carbocycles. The zero-order chi connectivity index (χ0) is 14.7. The van der Waals surface area contributed by atoms with Gasteiger partial charge in [-0.3, -0.25) is 14.9 Å². The van der Waals surface area contributed by atoms with Crippen molar-refractivity contribution in [2.24, 2.45) is 5.92 Å². The van der Waals surface area contributed by atoms with Gasteiger partial charge in [-0.15, -0.1) is 0 Å². The third-order valence-corrected chi connectivity index (χ3v) is 3.68. The van der Waals surface area contributed by atoms with E-state index in [2.05, 4.69) is 6.07 Å². The van der Waals surface area contributed by atoms with Crippen molar-refractivity contribution in [2.45, 2.75) is 12.8 Å². The highest BCUT2D eigenvalue weighted by Crippen LogP contribution is 2.29. The zero-order valence-corrected chi connectivity index (χ0v) is 11.3. The van der Waals surface area contributed by atoms with E-state index < -0.39 is 10.8 Å². The normalized spacial score (nSPS) is 15.7. The lowest BCUT2D eigenvalue weighted by atomic mass is 9.98. The number of carbonyl (C=O) groups excluding carboxylic acids is 1. The van der Waals surface area contributed by atoms with Gasteiger partial charge in [-0.25, -0.2) is 0 Å². The minimum absolute atomic E-state index is 0.0553. The summed E-state index contributed by atoms with van der Waals surface area (Å²) in [6.45, 7) is 0.832. The number of piperidine rings is 1. The summed E-state index contributed by atoms with van der Waals surface area (Å²) in [7, 11) is 0. The van der Waals surface area contributed by atoms with Crippen LogP contribution in [0.15, 0.2) is 18.2 Å². The van der Waals surface area contributed by atoms with Gasteiger partial charge in [0.25, 0.3) is 11.6 Å². The molecule has 1 aromatic rings. The predicted molar refractivity (Wildman–Crippen MR) is 72.3 cm³/mol. The fourth-order valence-corrected chi connectivity index (χ4v) is 2.50. The van der Waals surface area contributed by atoms with Crippen molar-refractivity contribution in [1.29, 1.82) is 5.26 Å². The van der Waals surface area contributed by atoms with E-state index in [0.29, 0.717) is 25.9 Å². The van der Waals surface area contributed by atoms with Crippen molar-refractivity contribution < 1.29 is 9.72 Å². The number of nitrogens with zero attached hydrogens (tertiary/aromatic N) is 3. The molecule has 20 heavy (non-hydrogen) atoms. The van der Waals surface area contributed by atoms with Crippen LogP contribution in [0, 0.1) is 27.4 Å². The van der Waals surface area contributed by atoms with Crippen molar-refractivity contribution in [1.82, 2.24) is 4.90 Å². The molecule has 0 unspecified atom stereocenters. The third kappa shape index (κ3) is 2.73.